The van der Waals surface area contributed by atoms with Crippen molar-refractivity contribution in [3.05, 3.63) is 90.5 Å². The minimum Gasteiger partial charge on any atom is -0.508 e. The van der Waals surface area contributed by atoms with Crippen molar-refractivity contribution in [2.24, 2.45) is 0 Å². The Morgan fingerprint density at radius 3 is 1.46 bits per heavy atom. The fourth-order valence-electron chi connectivity index (χ4n) is 1.71. The number of phenols is 1. The summed E-state index contributed by atoms with van der Waals surface area (Å²) in [5.41, 5.74) is 1.17. The van der Waals surface area contributed by atoms with E-state index in [1.54, 1.807) is 36.4 Å². The fourth-order valence-corrected chi connectivity index (χ4v) is 2.35. The van der Waals surface area contributed by atoms with Gasteiger partial charge in [-0.1, -0.05) is 54.1 Å². The van der Waals surface area contributed by atoms with Crippen LogP contribution in [0.25, 0.3) is 0 Å². The van der Waals surface area contributed by atoms with Gasteiger partial charge in [0.25, 0.3) is 0 Å². The van der Waals surface area contributed by atoms with Gasteiger partial charge in [-0.25, -0.2) is 0 Å². The number of aryl methyl sites for hydroxylation is 1. The molecule has 0 aliphatic carbocycles. The van der Waals surface area contributed by atoms with Gasteiger partial charge in [0.1, 0.15) is 17.2 Å². The van der Waals surface area contributed by atoms with Crippen LogP contribution in [0.15, 0.2) is 84.9 Å². The highest BCUT2D eigenvalue weighted by molar-refractivity contribution is 7.41. The Bertz CT molecular complexity index is 640. The van der Waals surface area contributed by atoms with E-state index in [-0.39, 0.29) is 0 Å². The summed E-state index contributed by atoms with van der Waals surface area (Å²) >= 11 is 0. The van der Waals surface area contributed by atoms with Crippen molar-refractivity contribution < 1.29 is 19.0 Å². The molecule has 4 nitrogen and oxygen atoms in total. The molecule has 3 aromatic carbocycles. The zero-order valence-electron chi connectivity index (χ0n) is 13.2. The monoisotopic (exact) mass is 342 g/mol. The predicted octanol–water partition coefficient (Wildman–Crippen LogP) is 5.06. The van der Waals surface area contributed by atoms with Crippen LogP contribution in [-0.2, 0) is 0 Å². The lowest BCUT2D eigenvalue weighted by Gasteiger charge is -2.11. The van der Waals surface area contributed by atoms with Gasteiger partial charge in [0.2, 0.25) is 0 Å². The van der Waals surface area contributed by atoms with Gasteiger partial charge in [-0.2, -0.15) is 0 Å². The summed E-state index contributed by atoms with van der Waals surface area (Å²) in [6.45, 7) is 1.99. The minimum atomic E-state index is -1.93. The standard InChI is InChI=1S/C12H11O3P.C7H8O/c13-16(14-11-7-3-1-4-8-11)15-12-9-5-2-6-10-12;1-6-2-4-7(8)5-3-6/h1-10,13H;2-5,8H,1H3. The van der Waals surface area contributed by atoms with Crippen molar-refractivity contribution in [3.8, 4) is 17.2 Å². The molecule has 124 valence electrons. The molecule has 5 heteroatoms. The Morgan fingerprint density at radius 1 is 0.667 bits per heavy atom. The molecule has 0 fully saturated rings. The SMILES string of the molecule is Cc1ccc(O)cc1.OP(Oc1ccccc1)Oc1ccccc1. The largest absolute Gasteiger partial charge is 0.508 e. The van der Waals surface area contributed by atoms with Gasteiger partial charge >= 0.3 is 8.60 Å². The molecule has 0 aliphatic heterocycles. The molecule has 24 heavy (non-hydrogen) atoms. The predicted molar refractivity (Wildman–Crippen MR) is 96.1 cm³/mol. The van der Waals surface area contributed by atoms with Crippen molar-refractivity contribution in [2.45, 2.75) is 6.92 Å². The van der Waals surface area contributed by atoms with Crippen molar-refractivity contribution in [1.29, 1.82) is 0 Å². The second-order valence-corrected chi connectivity index (χ2v) is 5.72. The van der Waals surface area contributed by atoms with Gasteiger partial charge in [0.15, 0.2) is 0 Å². The maximum atomic E-state index is 9.58. The molecule has 0 aromatic heterocycles. The zero-order valence-corrected chi connectivity index (χ0v) is 14.1. The van der Waals surface area contributed by atoms with E-state index in [0.717, 1.165) is 0 Å². The quantitative estimate of drug-likeness (QED) is 0.650. The van der Waals surface area contributed by atoms with E-state index >= 15 is 0 Å². The van der Waals surface area contributed by atoms with E-state index in [2.05, 4.69) is 0 Å². The van der Waals surface area contributed by atoms with Crippen LogP contribution >= 0.6 is 8.60 Å². The lowest BCUT2D eigenvalue weighted by molar-refractivity contribution is 0.382. The van der Waals surface area contributed by atoms with Gasteiger partial charge < -0.3 is 19.0 Å². The summed E-state index contributed by atoms with van der Waals surface area (Å²) in [5, 5.41) is 8.76. The first-order valence-electron chi connectivity index (χ1n) is 7.34. The second kappa shape index (κ2) is 9.56. The summed E-state index contributed by atoms with van der Waals surface area (Å²) in [4.78, 5) is 9.58. The Morgan fingerprint density at radius 2 is 1.08 bits per heavy atom. The third kappa shape index (κ3) is 6.69. The fraction of sp³-hybridized carbons (Fsp3) is 0.0526. The Hall–Kier alpha value is -2.55. The average Bonchev–Trinajstić information content (AvgIpc) is 2.60. The van der Waals surface area contributed by atoms with Crippen LogP contribution in [0, 0.1) is 6.92 Å². The van der Waals surface area contributed by atoms with E-state index in [9.17, 15) is 4.89 Å². The molecule has 3 aromatic rings. The number of para-hydroxylation sites is 2. The molecule has 0 amide bonds. The van der Waals surface area contributed by atoms with Crippen LogP contribution in [0.1, 0.15) is 5.56 Å². The first-order valence-corrected chi connectivity index (χ1v) is 8.47. The number of aromatic hydroxyl groups is 1. The van der Waals surface area contributed by atoms with E-state index < -0.39 is 8.60 Å². The van der Waals surface area contributed by atoms with Gasteiger partial charge in [0, 0.05) is 0 Å². The van der Waals surface area contributed by atoms with E-state index in [4.69, 9.17) is 14.2 Å². The highest BCUT2D eigenvalue weighted by atomic mass is 31.2. The van der Waals surface area contributed by atoms with E-state index in [1.165, 1.54) is 5.56 Å². The summed E-state index contributed by atoms with van der Waals surface area (Å²) in [6, 6.07) is 25.2. The van der Waals surface area contributed by atoms with Crippen LogP contribution < -0.4 is 9.05 Å². The number of hydrogen-bond acceptors (Lipinski definition) is 4. The van der Waals surface area contributed by atoms with Crippen LogP contribution in [0.5, 0.6) is 17.2 Å². The molecule has 0 aliphatic rings. The van der Waals surface area contributed by atoms with Crippen molar-refractivity contribution in [2.75, 3.05) is 0 Å². The topological polar surface area (TPSA) is 58.9 Å². The lowest BCUT2D eigenvalue weighted by Crippen LogP contribution is -1.93. The van der Waals surface area contributed by atoms with Crippen LogP contribution in [0.4, 0.5) is 0 Å². The number of phenolic OH excluding ortho intramolecular Hbond substituents is 1. The first-order chi connectivity index (χ1) is 11.6. The molecule has 0 heterocycles. The molecule has 2 N–H and O–H groups in total. The van der Waals surface area contributed by atoms with E-state index in [1.807, 2.05) is 55.5 Å². The number of benzene rings is 3. The van der Waals surface area contributed by atoms with Gasteiger partial charge in [-0.15, -0.1) is 0 Å². The molecule has 0 spiro atoms. The number of rotatable bonds is 4. The molecule has 0 bridgehead atoms. The molecule has 0 atom stereocenters. The molecule has 0 saturated carbocycles. The van der Waals surface area contributed by atoms with Gasteiger partial charge in [-0.3, -0.25) is 0 Å². The summed E-state index contributed by atoms with van der Waals surface area (Å²) in [7, 11) is -1.93. The zero-order chi connectivity index (χ0) is 17.2. The Labute approximate surface area is 142 Å². The first kappa shape index (κ1) is 17.8. The molecule has 3 rings (SSSR count). The molecule has 0 saturated heterocycles. The summed E-state index contributed by atoms with van der Waals surface area (Å²) in [6.07, 6.45) is 0. The third-order valence-electron chi connectivity index (χ3n) is 2.89. The maximum absolute atomic E-state index is 9.58. The highest BCUT2D eigenvalue weighted by Crippen LogP contribution is 2.35. The van der Waals surface area contributed by atoms with Gasteiger partial charge in [0.05, 0.1) is 0 Å². The second-order valence-electron chi connectivity index (χ2n) is 4.88. The smallest absolute Gasteiger partial charge is 0.460 e. The normalized spacial score (nSPS) is 9.79. The Balaban J connectivity index is 0.000000219. The van der Waals surface area contributed by atoms with Crippen LogP contribution in [-0.4, -0.2) is 10.00 Å². The average molecular weight is 342 g/mol. The maximum Gasteiger partial charge on any atom is 0.460 e. The van der Waals surface area contributed by atoms with Crippen molar-refractivity contribution in [1.82, 2.24) is 0 Å². The minimum absolute atomic E-state index is 0.329. The van der Waals surface area contributed by atoms with E-state index in [0.29, 0.717) is 17.2 Å². The van der Waals surface area contributed by atoms with Gasteiger partial charge in [-0.05, 0) is 43.3 Å². The molecular weight excluding hydrogens is 323 g/mol. The Kier molecular flexibility index (Phi) is 7.09. The molecule has 0 radical (unpaired) electrons. The highest BCUT2D eigenvalue weighted by Gasteiger charge is 2.10. The molecular formula is C19H19O4P. The summed E-state index contributed by atoms with van der Waals surface area (Å²) < 4.78 is 10.4. The molecule has 0 unspecified atom stereocenters. The van der Waals surface area contributed by atoms with Crippen molar-refractivity contribution >= 4 is 8.60 Å². The van der Waals surface area contributed by atoms with Crippen molar-refractivity contribution in [3.63, 3.8) is 0 Å². The van der Waals surface area contributed by atoms with Crippen LogP contribution in [0.3, 0.4) is 0 Å². The lowest BCUT2D eigenvalue weighted by atomic mass is 10.2. The number of hydrogen-bond donors (Lipinski definition) is 2. The third-order valence-corrected chi connectivity index (χ3v) is 3.62. The van der Waals surface area contributed by atoms with Crippen LogP contribution in [0.2, 0.25) is 0 Å². The summed E-state index contributed by atoms with van der Waals surface area (Å²) in [5.74, 6) is 1.51.